The molecule has 4 heterocycles. The molecule has 12 heteroatoms. The maximum atomic E-state index is 16.5. The second kappa shape index (κ2) is 13.7. The topological polar surface area (TPSA) is 113 Å². The number of nitrogens with zero attached hydrogens (tertiary/aromatic N) is 6. The van der Waals surface area contributed by atoms with E-state index in [1.165, 1.54) is 5.01 Å². The van der Waals surface area contributed by atoms with E-state index in [9.17, 15) is 14.7 Å². The zero-order chi connectivity index (χ0) is 35.9. The van der Waals surface area contributed by atoms with E-state index >= 15 is 4.11 Å². The van der Waals surface area contributed by atoms with Gasteiger partial charge in [-0.3, -0.25) is 14.3 Å². The summed E-state index contributed by atoms with van der Waals surface area (Å²) >= 11 is 0. The van der Waals surface area contributed by atoms with E-state index in [2.05, 4.69) is 16.9 Å². The van der Waals surface area contributed by atoms with Crippen LogP contribution in [0.4, 0.5) is 15.5 Å². The van der Waals surface area contributed by atoms with Crippen LogP contribution < -0.4 is 9.91 Å². The lowest BCUT2D eigenvalue weighted by atomic mass is 9.82. The molecule has 0 aliphatic carbocycles. The van der Waals surface area contributed by atoms with Crippen molar-refractivity contribution < 1.29 is 23.5 Å². The van der Waals surface area contributed by atoms with Crippen molar-refractivity contribution in [2.75, 3.05) is 23.1 Å². The zero-order valence-corrected chi connectivity index (χ0v) is 30.2. The maximum Gasteiger partial charge on any atom is 0.264 e. The van der Waals surface area contributed by atoms with Crippen molar-refractivity contribution in [2.24, 2.45) is 11.0 Å². The number of carbonyl (C=O) groups excluding carboxylic acids is 2. The number of carbonyl (C=O) groups is 2. The number of amides is 2. The van der Waals surface area contributed by atoms with Gasteiger partial charge in [-0.1, -0.05) is 78.9 Å². The minimum absolute atomic E-state index is 0.120. The highest BCUT2D eigenvalue weighted by Crippen LogP contribution is 2.60. The Morgan fingerprint density at radius 2 is 1.80 bits per heavy atom. The molecule has 7 rings (SSSR count). The van der Waals surface area contributed by atoms with Gasteiger partial charge in [0.15, 0.2) is 5.60 Å². The Hall–Kier alpha value is -4.78. The standard InChI is InChI=1S/C39H43FN6O4Si/c1-5-21-45-34-18-16-29(46-36(48)19-17-32(42-46)28-14-10-7-11-15-28)23-31(34)39(38(45)49)26(2)37(51(3,4)40)35(50-39)20-22-44-24-33(41-43-44)30(25-47)27-12-8-6-9-13-27/h5-16,18,23-24,26,30,35,37,47H,1,17,19-22,25H2,2-4H3/t26-,30?,35+,37-,39+/m1/s1. The van der Waals surface area contributed by atoms with E-state index in [0.29, 0.717) is 48.4 Å². The van der Waals surface area contributed by atoms with Crippen molar-refractivity contribution in [3.8, 4) is 0 Å². The largest absolute Gasteiger partial charge is 0.395 e. The number of hydrogen-bond acceptors (Lipinski definition) is 7. The fourth-order valence-corrected chi connectivity index (χ4v) is 10.8. The van der Waals surface area contributed by atoms with Crippen LogP contribution >= 0.6 is 0 Å². The van der Waals surface area contributed by atoms with E-state index in [1.54, 1.807) is 34.8 Å². The van der Waals surface area contributed by atoms with Crippen LogP contribution in [-0.4, -0.2) is 65.3 Å². The van der Waals surface area contributed by atoms with Crippen LogP contribution in [0.1, 0.15) is 54.5 Å². The minimum atomic E-state index is -3.42. The lowest BCUT2D eigenvalue weighted by molar-refractivity contribution is -0.145. The number of aryl methyl sites for hydroxylation is 1. The molecule has 2 amide bonds. The van der Waals surface area contributed by atoms with Gasteiger partial charge in [0.1, 0.15) is 0 Å². The summed E-state index contributed by atoms with van der Waals surface area (Å²) in [5.74, 6) is -1.24. The molecule has 3 aliphatic heterocycles. The molecule has 4 aromatic rings. The Bertz CT molecular complexity index is 1960. The first-order valence-electron chi connectivity index (χ1n) is 17.5. The molecule has 0 saturated carbocycles. The second-order valence-corrected chi connectivity index (χ2v) is 17.9. The number of anilines is 2. The van der Waals surface area contributed by atoms with E-state index in [4.69, 9.17) is 9.84 Å². The number of aliphatic hydroxyl groups is 1. The number of aliphatic hydroxyl groups excluding tert-OH is 1. The van der Waals surface area contributed by atoms with Crippen LogP contribution in [0.5, 0.6) is 0 Å². The smallest absolute Gasteiger partial charge is 0.264 e. The SMILES string of the molecule is C=CCN1C(=O)[C@@]2(O[C@@H](CCn3cc(C(CO)c4ccccc4)nn3)[C@H]([Si](C)(C)F)[C@H]2C)c2cc(N3N=C(c4ccccc4)CCC3=O)ccc21. The van der Waals surface area contributed by atoms with Crippen molar-refractivity contribution in [1.29, 1.82) is 0 Å². The van der Waals surface area contributed by atoms with Gasteiger partial charge in [-0.25, -0.2) is 5.01 Å². The number of ether oxygens (including phenoxy) is 1. The van der Waals surface area contributed by atoms with E-state index in [1.807, 2.05) is 85.9 Å². The van der Waals surface area contributed by atoms with Gasteiger partial charge in [0.2, 0.25) is 14.3 Å². The van der Waals surface area contributed by atoms with E-state index in [-0.39, 0.29) is 30.9 Å². The van der Waals surface area contributed by atoms with Gasteiger partial charge < -0.3 is 18.9 Å². The third-order valence-corrected chi connectivity index (χ3v) is 13.0. The van der Waals surface area contributed by atoms with E-state index < -0.39 is 31.6 Å². The summed E-state index contributed by atoms with van der Waals surface area (Å²) in [7, 11) is -3.42. The highest BCUT2D eigenvalue weighted by molar-refractivity contribution is 6.72. The summed E-state index contributed by atoms with van der Waals surface area (Å²) in [6.07, 6.45) is 4.10. The molecule has 1 spiro atoms. The molecule has 3 aromatic carbocycles. The molecule has 1 unspecified atom stereocenters. The summed E-state index contributed by atoms with van der Waals surface area (Å²) in [4.78, 5) is 29.6. The first kappa shape index (κ1) is 34.7. The lowest BCUT2D eigenvalue weighted by Gasteiger charge is -2.31. The average molecular weight is 707 g/mol. The number of hydrazone groups is 1. The van der Waals surface area contributed by atoms with Gasteiger partial charge in [-0.05, 0) is 48.8 Å². The van der Waals surface area contributed by atoms with Gasteiger partial charge in [0.05, 0.1) is 41.4 Å². The molecule has 1 aromatic heterocycles. The Morgan fingerprint density at radius 1 is 1.08 bits per heavy atom. The number of rotatable bonds is 11. The van der Waals surface area contributed by atoms with Gasteiger partial charge in [-0.2, -0.15) is 5.10 Å². The van der Waals surface area contributed by atoms with Crippen LogP contribution in [-0.2, 0) is 26.5 Å². The van der Waals surface area contributed by atoms with Crippen LogP contribution in [0, 0.1) is 5.92 Å². The van der Waals surface area contributed by atoms with Crippen molar-refractivity contribution in [3.05, 3.63) is 120 Å². The third kappa shape index (κ3) is 6.15. The Morgan fingerprint density at radius 3 is 2.49 bits per heavy atom. The lowest BCUT2D eigenvalue weighted by Crippen LogP contribution is -2.45. The van der Waals surface area contributed by atoms with Gasteiger partial charge in [0.25, 0.3) is 5.91 Å². The summed E-state index contributed by atoms with van der Waals surface area (Å²) in [5.41, 5.74) is 3.12. The molecule has 0 radical (unpaired) electrons. The van der Waals surface area contributed by atoms with Crippen LogP contribution in [0.25, 0.3) is 0 Å². The quantitative estimate of drug-likeness (QED) is 0.111. The molecule has 1 saturated heterocycles. The van der Waals surface area contributed by atoms with Crippen LogP contribution in [0.15, 0.2) is 103 Å². The molecular formula is C39H43FN6O4Si. The van der Waals surface area contributed by atoms with E-state index in [0.717, 1.165) is 16.8 Å². The number of benzene rings is 3. The first-order chi connectivity index (χ1) is 24.6. The van der Waals surface area contributed by atoms with Gasteiger partial charge >= 0.3 is 0 Å². The molecule has 3 aliphatic rings. The number of aromatic nitrogens is 3. The molecule has 51 heavy (non-hydrogen) atoms. The molecule has 10 nitrogen and oxygen atoms in total. The summed E-state index contributed by atoms with van der Waals surface area (Å²) < 4.78 is 25.1. The van der Waals surface area contributed by atoms with Crippen molar-refractivity contribution in [2.45, 2.75) is 69.0 Å². The maximum absolute atomic E-state index is 16.5. The van der Waals surface area contributed by atoms with Crippen LogP contribution in [0.3, 0.4) is 0 Å². The summed E-state index contributed by atoms with van der Waals surface area (Å²) in [6, 6.07) is 24.9. The molecule has 0 bridgehead atoms. The number of halogens is 1. The highest BCUT2D eigenvalue weighted by atomic mass is 28.4. The monoisotopic (exact) mass is 706 g/mol. The molecule has 1 fully saturated rings. The molecule has 1 N–H and O–H groups in total. The number of fused-ring (bicyclic) bond motifs is 2. The first-order valence-corrected chi connectivity index (χ1v) is 20.5. The summed E-state index contributed by atoms with van der Waals surface area (Å²) in [6.45, 7) is 9.66. The fraction of sp³-hybridized carbons (Fsp3) is 0.359. The normalized spacial score (nSPS) is 23.9. The average Bonchev–Trinajstić information content (AvgIpc) is 3.79. The molecule has 5 atom stereocenters. The van der Waals surface area contributed by atoms with Crippen molar-refractivity contribution in [3.63, 3.8) is 0 Å². The van der Waals surface area contributed by atoms with Gasteiger partial charge in [0, 0.05) is 49.2 Å². The molecular weight excluding hydrogens is 664 g/mol. The predicted octanol–water partition coefficient (Wildman–Crippen LogP) is 6.33. The second-order valence-electron chi connectivity index (χ2n) is 14.1. The number of hydrogen-bond donors (Lipinski definition) is 1. The molecule has 264 valence electrons. The Kier molecular flexibility index (Phi) is 9.34. The van der Waals surface area contributed by atoms with Crippen LogP contribution in [0.2, 0.25) is 18.6 Å². The Labute approximate surface area is 298 Å². The fourth-order valence-electron chi connectivity index (χ4n) is 8.24. The van der Waals surface area contributed by atoms with Gasteiger partial charge in [-0.15, -0.1) is 11.7 Å². The zero-order valence-electron chi connectivity index (χ0n) is 29.2. The predicted molar refractivity (Wildman–Crippen MR) is 197 cm³/mol. The van der Waals surface area contributed by atoms with Crippen molar-refractivity contribution >= 4 is 37.3 Å². The highest BCUT2D eigenvalue weighted by Gasteiger charge is 2.66. The third-order valence-electron chi connectivity index (χ3n) is 10.6. The van der Waals surface area contributed by atoms with Crippen molar-refractivity contribution in [1.82, 2.24) is 15.0 Å². The minimum Gasteiger partial charge on any atom is -0.395 e. The Balaban J connectivity index is 1.22. The summed E-state index contributed by atoms with van der Waals surface area (Å²) in [5, 5.41) is 25.0.